The molecule has 0 aromatic carbocycles. The minimum absolute atomic E-state index is 0.249. The molecule has 2 heterocycles. The Hall–Kier alpha value is -1.95. The Morgan fingerprint density at radius 2 is 2.31 bits per heavy atom. The van der Waals surface area contributed by atoms with Gasteiger partial charge in [-0.05, 0) is 6.92 Å². The molecule has 2 aromatic heterocycles. The average molecular weight is 236 g/mol. The molecule has 82 valence electrons. The molecule has 2 rings (SSSR count). The molecule has 0 radical (unpaired) electrons. The highest BCUT2D eigenvalue weighted by molar-refractivity contribution is 7.12. The standard InChI is InChI=1S/C10H8N2O3S/c1-6-4-8(13)7(9(14)15)5-12(6)10-11-2-3-16-10/h2-5H,1H3,(H,14,15). The maximum absolute atomic E-state index is 11.4. The number of pyridine rings is 1. The number of aryl methyl sites for hydroxylation is 1. The van der Waals surface area contributed by atoms with Crippen molar-refractivity contribution in [1.82, 2.24) is 9.55 Å². The first-order valence-corrected chi connectivity index (χ1v) is 5.34. The predicted molar refractivity (Wildman–Crippen MR) is 59.4 cm³/mol. The van der Waals surface area contributed by atoms with Gasteiger partial charge in [-0.2, -0.15) is 0 Å². The number of nitrogens with zero attached hydrogens (tertiary/aromatic N) is 2. The minimum Gasteiger partial charge on any atom is -0.477 e. The van der Waals surface area contributed by atoms with E-state index in [2.05, 4.69) is 4.98 Å². The molecule has 5 nitrogen and oxygen atoms in total. The lowest BCUT2D eigenvalue weighted by Gasteiger charge is -2.07. The molecule has 0 amide bonds. The van der Waals surface area contributed by atoms with Gasteiger partial charge in [0, 0.05) is 29.5 Å². The number of hydrogen-bond acceptors (Lipinski definition) is 4. The monoisotopic (exact) mass is 236 g/mol. The largest absolute Gasteiger partial charge is 0.477 e. The molecule has 1 N–H and O–H groups in total. The summed E-state index contributed by atoms with van der Waals surface area (Å²) in [5, 5.41) is 11.3. The van der Waals surface area contributed by atoms with Crippen molar-refractivity contribution in [2.24, 2.45) is 0 Å². The number of carboxylic acids is 1. The molecule has 0 bridgehead atoms. The SMILES string of the molecule is Cc1cc(=O)c(C(=O)O)cn1-c1nccs1. The molecule has 0 saturated heterocycles. The normalized spacial score (nSPS) is 10.3. The lowest BCUT2D eigenvalue weighted by atomic mass is 10.2. The lowest BCUT2D eigenvalue weighted by molar-refractivity contribution is 0.0695. The van der Waals surface area contributed by atoms with Crippen LogP contribution in [-0.2, 0) is 0 Å². The molecule has 0 aliphatic heterocycles. The lowest BCUT2D eigenvalue weighted by Crippen LogP contribution is -2.18. The first kappa shape index (κ1) is 10.6. The zero-order valence-electron chi connectivity index (χ0n) is 8.38. The molecule has 0 unspecified atom stereocenters. The van der Waals surface area contributed by atoms with E-state index in [1.807, 2.05) is 0 Å². The van der Waals surface area contributed by atoms with Crippen molar-refractivity contribution in [3.8, 4) is 5.13 Å². The Morgan fingerprint density at radius 1 is 1.56 bits per heavy atom. The maximum Gasteiger partial charge on any atom is 0.341 e. The highest BCUT2D eigenvalue weighted by Crippen LogP contribution is 2.13. The second kappa shape index (κ2) is 3.90. The van der Waals surface area contributed by atoms with Crippen molar-refractivity contribution in [2.75, 3.05) is 0 Å². The first-order chi connectivity index (χ1) is 7.59. The van der Waals surface area contributed by atoms with Crippen LogP contribution in [0.15, 0.2) is 28.6 Å². The van der Waals surface area contributed by atoms with Crippen LogP contribution < -0.4 is 5.43 Å². The van der Waals surface area contributed by atoms with Crippen LogP contribution in [0.4, 0.5) is 0 Å². The summed E-state index contributed by atoms with van der Waals surface area (Å²) in [6.45, 7) is 1.73. The van der Waals surface area contributed by atoms with Gasteiger partial charge in [-0.1, -0.05) is 0 Å². The van der Waals surface area contributed by atoms with E-state index in [4.69, 9.17) is 5.11 Å². The fourth-order valence-corrected chi connectivity index (χ4v) is 2.01. The summed E-state index contributed by atoms with van der Waals surface area (Å²) in [5.41, 5.74) is -0.0800. The van der Waals surface area contributed by atoms with Gasteiger partial charge in [0.05, 0.1) is 0 Å². The fourth-order valence-electron chi connectivity index (χ4n) is 1.33. The Balaban J connectivity index is 2.68. The van der Waals surface area contributed by atoms with E-state index >= 15 is 0 Å². The number of aromatic nitrogens is 2. The van der Waals surface area contributed by atoms with E-state index in [-0.39, 0.29) is 5.56 Å². The van der Waals surface area contributed by atoms with Crippen molar-refractivity contribution in [3.63, 3.8) is 0 Å². The van der Waals surface area contributed by atoms with Crippen molar-refractivity contribution in [1.29, 1.82) is 0 Å². The van der Waals surface area contributed by atoms with Crippen molar-refractivity contribution >= 4 is 17.3 Å². The van der Waals surface area contributed by atoms with E-state index in [9.17, 15) is 9.59 Å². The van der Waals surface area contributed by atoms with Gasteiger partial charge < -0.3 is 5.11 Å². The number of aromatic carboxylic acids is 1. The summed E-state index contributed by atoms with van der Waals surface area (Å²) in [7, 11) is 0. The molecule has 0 spiro atoms. The number of carbonyl (C=O) groups is 1. The molecule has 0 aliphatic carbocycles. The molecule has 0 aliphatic rings. The van der Waals surface area contributed by atoms with Gasteiger partial charge in [-0.25, -0.2) is 9.78 Å². The molecule has 6 heteroatoms. The molecule has 0 atom stereocenters. The van der Waals surface area contributed by atoms with Gasteiger partial charge >= 0.3 is 5.97 Å². The van der Waals surface area contributed by atoms with E-state index in [1.54, 1.807) is 23.1 Å². The van der Waals surface area contributed by atoms with Gasteiger partial charge in [0.1, 0.15) is 5.56 Å². The predicted octanol–water partition coefficient (Wildman–Crippen LogP) is 1.30. The summed E-state index contributed by atoms with van der Waals surface area (Å²) in [5.74, 6) is -1.23. The quantitative estimate of drug-likeness (QED) is 0.853. The van der Waals surface area contributed by atoms with Crippen molar-refractivity contribution in [2.45, 2.75) is 6.92 Å². The van der Waals surface area contributed by atoms with Crippen molar-refractivity contribution in [3.05, 3.63) is 45.3 Å². The number of hydrogen-bond donors (Lipinski definition) is 1. The summed E-state index contributed by atoms with van der Waals surface area (Å²) in [4.78, 5) is 26.3. The Kier molecular flexibility index (Phi) is 2.57. The van der Waals surface area contributed by atoms with Crippen LogP contribution in [-0.4, -0.2) is 20.6 Å². The third kappa shape index (κ3) is 1.74. The summed E-state index contributed by atoms with van der Waals surface area (Å²) in [6, 6.07) is 1.30. The summed E-state index contributed by atoms with van der Waals surface area (Å²) < 4.78 is 1.59. The van der Waals surface area contributed by atoms with E-state index in [0.717, 1.165) is 0 Å². The summed E-state index contributed by atoms with van der Waals surface area (Å²) >= 11 is 1.37. The second-order valence-electron chi connectivity index (χ2n) is 3.18. The van der Waals surface area contributed by atoms with Crippen LogP contribution in [0.5, 0.6) is 0 Å². The second-order valence-corrected chi connectivity index (χ2v) is 4.06. The van der Waals surface area contributed by atoms with E-state index in [1.165, 1.54) is 23.6 Å². The number of thiazole rings is 1. The van der Waals surface area contributed by atoms with Crippen LogP contribution in [0.2, 0.25) is 0 Å². The molecule has 0 fully saturated rings. The van der Waals surface area contributed by atoms with E-state index < -0.39 is 11.4 Å². The molecule has 16 heavy (non-hydrogen) atoms. The third-order valence-electron chi connectivity index (χ3n) is 2.10. The Morgan fingerprint density at radius 3 is 2.88 bits per heavy atom. The van der Waals surface area contributed by atoms with Crippen LogP contribution >= 0.6 is 11.3 Å². The van der Waals surface area contributed by atoms with Gasteiger partial charge in [0.2, 0.25) is 0 Å². The van der Waals surface area contributed by atoms with Crippen LogP contribution in [0.1, 0.15) is 16.1 Å². The molecular weight excluding hydrogens is 228 g/mol. The number of carboxylic acid groups (broad SMARTS) is 1. The zero-order chi connectivity index (χ0) is 11.7. The van der Waals surface area contributed by atoms with Gasteiger partial charge in [-0.3, -0.25) is 9.36 Å². The average Bonchev–Trinajstić information content (AvgIpc) is 2.70. The van der Waals surface area contributed by atoms with Crippen LogP contribution in [0.3, 0.4) is 0 Å². The minimum atomic E-state index is -1.23. The molecule has 2 aromatic rings. The maximum atomic E-state index is 11.4. The van der Waals surface area contributed by atoms with Crippen LogP contribution in [0, 0.1) is 6.92 Å². The molecular formula is C10H8N2O3S. The van der Waals surface area contributed by atoms with Gasteiger partial charge in [0.15, 0.2) is 10.6 Å². The fraction of sp³-hybridized carbons (Fsp3) is 0.100. The topological polar surface area (TPSA) is 72.2 Å². The summed E-state index contributed by atoms with van der Waals surface area (Å²) in [6.07, 6.45) is 2.93. The smallest absolute Gasteiger partial charge is 0.341 e. The molecule has 0 saturated carbocycles. The van der Waals surface area contributed by atoms with Gasteiger partial charge in [0.25, 0.3) is 0 Å². The van der Waals surface area contributed by atoms with Crippen molar-refractivity contribution < 1.29 is 9.90 Å². The Bertz CT molecular complexity index is 587. The first-order valence-electron chi connectivity index (χ1n) is 4.46. The zero-order valence-corrected chi connectivity index (χ0v) is 9.19. The Labute approximate surface area is 94.6 Å². The van der Waals surface area contributed by atoms with E-state index in [0.29, 0.717) is 10.8 Å². The van der Waals surface area contributed by atoms with Gasteiger partial charge in [-0.15, -0.1) is 11.3 Å². The highest BCUT2D eigenvalue weighted by atomic mass is 32.1. The highest BCUT2D eigenvalue weighted by Gasteiger charge is 2.12. The number of rotatable bonds is 2. The third-order valence-corrected chi connectivity index (χ3v) is 2.87. The van der Waals surface area contributed by atoms with Crippen LogP contribution in [0.25, 0.3) is 5.13 Å².